The molecule has 3 saturated heterocycles. The van der Waals surface area contributed by atoms with Gasteiger partial charge >= 0.3 is 0 Å². The SMILES string of the molecule is O=C(Nc1ccc(O)c(Cl)c1)[C@@H]1CCN(CC(=O)N2C[C@H]3C[C@@H]2CN3c2cccc(F)c2)C1. The minimum atomic E-state index is -0.246. The predicted octanol–water partition coefficient (Wildman–Crippen LogP) is 2.93. The molecule has 2 bridgehead atoms. The molecule has 0 radical (unpaired) electrons. The largest absolute Gasteiger partial charge is 0.506 e. The molecule has 174 valence electrons. The number of nitrogens with zero attached hydrogens (tertiary/aromatic N) is 3. The lowest BCUT2D eigenvalue weighted by Crippen LogP contribution is -2.51. The Morgan fingerprint density at radius 3 is 2.70 bits per heavy atom. The van der Waals surface area contributed by atoms with Crippen molar-refractivity contribution in [3.05, 3.63) is 53.3 Å². The number of aromatic hydroxyl groups is 1. The van der Waals surface area contributed by atoms with Crippen LogP contribution >= 0.6 is 11.6 Å². The highest BCUT2D eigenvalue weighted by atomic mass is 35.5. The summed E-state index contributed by atoms with van der Waals surface area (Å²) in [7, 11) is 0. The van der Waals surface area contributed by atoms with Crippen molar-refractivity contribution in [2.75, 3.05) is 42.9 Å². The second-order valence-corrected chi connectivity index (χ2v) is 9.51. The topological polar surface area (TPSA) is 76.1 Å². The van der Waals surface area contributed by atoms with Crippen LogP contribution in [0.25, 0.3) is 0 Å². The molecular weight excluding hydrogens is 447 g/mol. The number of fused-ring (bicyclic) bond motifs is 2. The number of hydrogen-bond donors (Lipinski definition) is 2. The molecule has 2 aromatic rings. The summed E-state index contributed by atoms with van der Waals surface area (Å²) in [6, 6.07) is 11.5. The van der Waals surface area contributed by atoms with E-state index in [0.717, 1.165) is 18.7 Å². The van der Waals surface area contributed by atoms with E-state index in [0.29, 0.717) is 38.3 Å². The second-order valence-electron chi connectivity index (χ2n) is 9.10. The zero-order valence-electron chi connectivity index (χ0n) is 18.1. The number of phenols is 1. The van der Waals surface area contributed by atoms with Gasteiger partial charge in [0.1, 0.15) is 11.6 Å². The molecule has 2 N–H and O–H groups in total. The second kappa shape index (κ2) is 8.83. The molecule has 3 fully saturated rings. The Morgan fingerprint density at radius 1 is 1.12 bits per heavy atom. The summed E-state index contributed by atoms with van der Waals surface area (Å²) in [5.74, 6) is -0.506. The molecule has 2 aromatic carbocycles. The zero-order chi connectivity index (χ0) is 23.1. The summed E-state index contributed by atoms with van der Waals surface area (Å²) in [4.78, 5) is 31.8. The normalized spacial score (nSPS) is 24.5. The molecule has 0 spiro atoms. The van der Waals surface area contributed by atoms with Crippen molar-refractivity contribution in [3.8, 4) is 5.75 Å². The molecule has 0 aromatic heterocycles. The van der Waals surface area contributed by atoms with Gasteiger partial charge in [0.25, 0.3) is 0 Å². The molecule has 5 rings (SSSR count). The maximum absolute atomic E-state index is 13.6. The average molecular weight is 473 g/mol. The van der Waals surface area contributed by atoms with Gasteiger partial charge in [-0.2, -0.15) is 0 Å². The molecule has 3 aliphatic heterocycles. The van der Waals surface area contributed by atoms with Crippen molar-refractivity contribution in [1.82, 2.24) is 9.80 Å². The van der Waals surface area contributed by atoms with Crippen LogP contribution in [0.4, 0.5) is 15.8 Å². The van der Waals surface area contributed by atoms with Crippen molar-refractivity contribution in [2.24, 2.45) is 5.92 Å². The van der Waals surface area contributed by atoms with Gasteiger partial charge in [0.05, 0.1) is 23.5 Å². The summed E-state index contributed by atoms with van der Waals surface area (Å²) in [5, 5.41) is 12.5. The van der Waals surface area contributed by atoms with Crippen molar-refractivity contribution < 1.29 is 19.1 Å². The lowest BCUT2D eigenvalue weighted by atomic mass is 10.1. The van der Waals surface area contributed by atoms with Crippen LogP contribution in [-0.4, -0.2) is 71.5 Å². The van der Waals surface area contributed by atoms with E-state index in [1.807, 2.05) is 15.9 Å². The highest BCUT2D eigenvalue weighted by Gasteiger charge is 2.45. The van der Waals surface area contributed by atoms with Gasteiger partial charge < -0.3 is 20.2 Å². The summed E-state index contributed by atoms with van der Waals surface area (Å²) < 4.78 is 13.6. The molecule has 0 aliphatic carbocycles. The zero-order valence-corrected chi connectivity index (χ0v) is 18.8. The van der Waals surface area contributed by atoms with Crippen LogP contribution in [0.15, 0.2) is 42.5 Å². The van der Waals surface area contributed by atoms with Gasteiger partial charge in [0.15, 0.2) is 0 Å². The van der Waals surface area contributed by atoms with E-state index in [1.54, 1.807) is 18.2 Å². The van der Waals surface area contributed by atoms with Gasteiger partial charge in [-0.15, -0.1) is 0 Å². The molecule has 33 heavy (non-hydrogen) atoms. The first-order chi connectivity index (χ1) is 15.9. The Balaban J connectivity index is 1.12. The standard InChI is InChI=1S/C24H26ClFN4O3/c25-21-9-17(4-5-22(21)31)27-24(33)15-6-7-28(11-15)14-23(32)30-13-19-10-20(30)12-29(19)18-3-1-2-16(26)8-18/h1-5,8-9,15,19-20,31H,6-7,10-14H2,(H,27,33)/t15-,19-,20-/m1/s1. The molecule has 3 aliphatic rings. The lowest BCUT2D eigenvalue weighted by molar-refractivity contribution is -0.133. The highest BCUT2D eigenvalue weighted by molar-refractivity contribution is 6.32. The first-order valence-corrected chi connectivity index (χ1v) is 11.6. The van der Waals surface area contributed by atoms with E-state index in [1.165, 1.54) is 18.2 Å². The number of anilines is 2. The van der Waals surface area contributed by atoms with Crippen LogP contribution < -0.4 is 10.2 Å². The van der Waals surface area contributed by atoms with Gasteiger partial charge in [-0.25, -0.2) is 4.39 Å². The summed E-state index contributed by atoms with van der Waals surface area (Å²) in [5.41, 5.74) is 1.41. The molecule has 3 heterocycles. The quantitative estimate of drug-likeness (QED) is 0.654. The number of benzene rings is 2. The van der Waals surface area contributed by atoms with Gasteiger partial charge in [-0.3, -0.25) is 14.5 Å². The Labute approximate surface area is 196 Å². The Bertz CT molecular complexity index is 1080. The maximum atomic E-state index is 13.6. The van der Waals surface area contributed by atoms with Crippen LogP contribution in [-0.2, 0) is 9.59 Å². The minimum absolute atomic E-state index is 0.0325. The van der Waals surface area contributed by atoms with Crippen LogP contribution in [0.2, 0.25) is 5.02 Å². The summed E-state index contributed by atoms with van der Waals surface area (Å²) in [6.45, 7) is 2.90. The number of carbonyl (C=O) groups excluding carboxylic acids is 2. The van der Waals surface area contributed by atoms with Crippen molar-refractivity contribution >= 4 is 34.8 Å². The molecule has 7 nitrogen and oxygen atoms in total. The number of piperazine rings is 1. The molecule has 3 atom stereocenters. The average Bonchev–Trinajstić information content (AvgIpc) is 3.52. The monoisotopic (exact) mass is 472 g/mol. The number of phenolic OH excluding ortho intramolecular Hbond substituents is 1. The summed E-state index contributed by atoms with van der Waals surface area (Å²) >= 11 is 5.91. The first-order valence-electron chi connectivity index (χ1n) is 11.2. The van der Waals surface area contributed by atoms with E-state index in [9.17, 15) is 19.1 Å². The van der Waals surface area contributed by atoms with E-state index in [-0.39, 0.29) is 46.4 Å². The molecular formula is C24H26ClFN4O3. The first kappa shape index (κ1) is 22.0. The lowest BCUT2D eigenvalue weighted by Gasteiger charge is -2.36. The Kier molecular flexibility index (Phi) is 5.88. The van der Waals surface area contributed by atoms with Crippen LogP contribution in [0.1, 0.15) is 12.8 Å². The van der Waals surface area contributed by atoms with Crippen LogP contribution in [0.3, 0.4) is 0 Å². The number of carbonyl (C=O) groups is 2. The van der Waals surface area contributed by atoms with Gasteiger partial charge in [0.2, 0.25) is 11.8 Å². The Morgan fingerprint density at radius 2 is 1.97 bits per heavy atom. The molecule has 0 unspecified atom stereocenters. The van der Waals surface area contributed by atoms with E-state index >= 15 is 0 Å². The molecule has 2 amide bonds. The molecule has 9 heteroatoms. The smallest absolute Gasteiger partial charge is 0.237 e. The van der Waals surface area contributed by atoms with E-state index in [2.05, 4.69) is 10.2 Å². The highest BCUT2D eigenvalue weighted by Crippen LogP contribution is 2.35. The fraction of sp³-hybridized carbons (Fsp3) is 0.417. The van der Waals surface area contributed by atoms with E-state index in [4.69, 9.17) is 11.6 Å². The minimum Gasteiger partial charge on any atom is -0.506 e. The predicted molar refractivity (Wildman–Crippen MR) is 124 cm³/mol. The van der Waals surface area contributed by atoms with Gasteiger partial charge in [-0.05, 0) is 55.8 Å². The number of hydrogen-bond acceptors (Lipinski definition) is 5. The number of halogens is 2. The van der Waals surface area contributed by atoms with Crippen molar-refractivity contribution in [3.63, 3.8) is 0 Å². The third-order valence-electron chi connectivity index (χ3n) is 6.92. The van der Waals surface area contributed by atoms with Gasteiger partial charge in [-0.1, -0.05) is 17.7 Å². The van der Waals surface area contributed by atoms with E-state index < -0.39 is 0 Å². The third-order valence-corrected chi connectivity index (χ3v) is 7.22. The van der Waals surface area contributed by atoms with Crippen molar-refractivity contribution in [2.45, 2.75) is 24.9 Å². The fourth-order valence-electron chi connectivity index (χ4n) is 5.24. The Hall–Kier alpha value is -2.84. The van der Waals surface area contributed by atoms with Crippen LogP contribution in [0.5, 0.6) is 5.75 Å². The summed E-state index contributed by atoms with van der Waals surface area (Å²) in [6.07, 6.45) is 1.59. The maximum Gasteiger partial charge on any atom is 0.237 e. The van der Waals surface area contributed by atoms with Crippen molar-refractivity contribution in [1.29, 1.82) is 0 Å². The third kappa shape index (κ3) is 4.50. The van der Waals surface area contributed by atoms with Crippen LogP contribution in [0, 0.1) is 11.7 Å². The fourth-order valence-corrected chi connectivity index (χ4v) is 5.43. The number of nitrogens with one attached hydrogen (secondary N) is 1. The van der Waals surface area contributed by atoms with Gasteiger partial charge in [0, 0.05) is 37.1 Å². The number of rotatable bonds is 5. The number of likely N-dealkylation sites (tertiary alicyclic amines) is 2. The number of amides is 2. The molecule has 0 saturated carbocycles.